The standard InChI is InChI=1S/2C2H3NO3.Cr/c2*3-1(4)2(5)6;/h2*(H2,3,4)(H,5,6);/q;;+2/p-2. The van der Waals surface area contributed by atoms with E-state index in [1.807, 2.05) is 0 Å². The molecule has 72 valence electrons. The molecule has 0 atom stereocenters. The van der Waals surface area contributed by atoms with E-state index in [1.165, 1.54) is 0 Å². The maximum atomic E-state index is 9.26. The van der Waals surface area contributed by atoms with Crippen LogP contribution in [0.25, 0.3) is 0 Å². The van der Waals surface area contributed by atoms with Crippen molar-refractivity contribution >= 4 is 23.8 Å². The summed E-state index contributed by atoms with van der Waals surface area (Å²) in [6.45, 7) is 0. The smallest absolute Gasteiger partial charge is 0.540 e. The summed E-state index contributed by atoms with van der Waals surface area (Å²) in [4.78, 5) is 36.7. The van der Waals surface area contributed by atoms with Crippen LogP contribution in [0.5, 0.6) is 0 Å². The van der Waals surface area contributed by atoms with E-state index in [-0.39, 0.29) is 17.4 Å². The third kappa shape index (κ3) is 17.9. The monoisotopic (exact) mass is 228 g/mol. The maximum absolute atomic E-state index is 9.26. The van der Waals surface area contributed by atoms with E-state index in [0.29, 0.717) is 0 Å². The summed E-state index contributed by atoms with van der Waals surface area (Å²) in [5, 5.41) is 18.2. The van der Waals surface area contributed by atoms with Gasteiger partial charge in [-0.05, 0) is 0 Å². The number of nitrogens with two attached hydrogens (primary N) is 2. The van der Waals surface area contributed by atoms with Crippen molar-refractivity contribution < 1.29 is 46.8 Å². The Hall–Kier alpha value is -1.59. The average Bonchev–Trinajstić information content (AvgIpc) is 1.88. The fourth-order valence-electron chi connectivity index (χ4n) is 0. The molecule has 0 rings (SSSR count). The number of hydrogen-bond acceptors (Lipinski definition) is 6. The molecule has 0 unspecified atom stereocenters. The fraction of sp³-hybridized carbons (Fsp3) is 0. The predicted octanol–water partition coefficient (Wildman–Crippen LogP) is -5.56. The van der Waals surface area contributed by atoms with Gasteiger partial charge in [-0.25, -0.2) is 0 Å². The molecule has 2 amide bonds. The largest absolute Gasteiger partial charge is 2.00 e. The van der Waals surface area contributed by atoms with Crippen molar-refractivity contribution in [3.63, 3.8) is 0 Å². The second-order valence-corrected chi connectivity index (χ2v) is 1.30. The summed E-state index contributed by atoms with van der Waals surface area (Å²) >= 11 is 0. The summed E-state index contributed by atoms with van der Waals surface area (Å²) in [5.41, 5.74) is 8.27. The van der Waals surface area contributed by atoms with E-state index in [0.717, 1.165) is 0 Å². The first kappa shape index (κ1) is 17.5. The number of amides is 2. The van der Waals surface area contributed by atoms with Gasteiger partial charge in [0, 0.05) is 0 Å². The van der Waals surface area contributed by atoms with Crippen molar-refractivity contribution in [1.82, 2.24) is 0 Å². The number of carboxylic acid groups (broad SMARTS) is 2. The van der Waals surface area contributed by atoms with E-state index in [1.54, 1.807) is 0 Å². The van der Waals surface area contributed by atoms with Gasteiger partial charge in [-0.15, -0.1) is 0 Å². The minimum absolute atomic E-state index is 0. The molecule has 0 aromatic carbocycles. The molecule has 0 radical (unpaired) electrons. The molecular weight excluding hydrogens is 224 g/mol. The van der Waals surface area contributed by atoms with Crippen molar-refractivity contribution in [2.75, 3.05) is 0 Å². The van der Waals surface area contributed by atoms with E-state index in [9.17, 15) is 9.59 Å². The van der Waals surface area contributed by atoms with Crippen LogP contribution in [-0.2, 0) is 36.5 Å². The molecular formula is C4H4CrN2O6. The number of primary amides is 2. The van der Waals surface area contributed by atoms with Gasteiger partial charge in [-0.2, -0.15) is 0 Å². The van der Waals surface area contributed by atoms with Crippen molar-refractivity contribution in [2.45, 2.75) is 0 Å². The molecule has 0 aliphatic carbocycles. The van der Waals surface area contributed by atoms with Gasteiger partial charge >= 0.3 is 17.4 Å². The Bertz CT molecular complexity index is 179. The van der Waals surface area contributed by atoms with Crippen LogP contribution < -0.4 is 21.7 Å². The Morgan fingerprint density at radius 2 is 0.846 bits per heavy atom. The van der Waals surface area contributed by atoms with E-state index in [4.69, 9.17) is 19.8 Å². The summed E-state index contributed by atoms with van der Waals surface area (Å²) in [7, 11) is 0. The van der Waals surface area contributed by atoms with Gasteiger partial charge in [-0.3, -0.25) is 9.59 Å². The summed E-state index contributed by atoms with van der Waals surface area (Å²) < 4.78 is 0. The van der Waals surface area contributed by atoms with Crippen molar-refractivity contribution in [2.24, 2.45) is 11.5 Å². The van der Waals surface area contributed by atoms with Crippen LogP contribution in [0.2, 0.25) is 0 Å². The molecule has 4 N–H and O–H groups in total. The minimum Gasteiger partial charge on any atom is -0.540 e. The third-order valence-electron chi connectivity index (χ3n) is 0.402. The Balaban J connectivity index is -0.000000143. The Morgan fingerprint density at radius 3 is 0.846 bits per heavy atom. The number of aliphatic carboxylic acids is 2. The molecule has 9 heteroatoms. The molecule has 0 spiro atoms. The molecule has 0 aliphatic rings. The molecule has 0 bridgehead atoms. The van der Waals surface area contributed by atoms with E-state index in [2.05, 4.69) is 11.5 Å². The Kier molecular flexibility index (Phi) is 11.4. The molecule has 8 nitrogen and oxygen atoms in total. The Labute approximate surface area is 82.6 Å². The van der Waals surface area contributed by atoms with Crippen molar-refractivity contribution in [3.8, 4) is 0 Å². The minimum atomic E-state index is -1.85. The number of rotatable bonds is 0. The quantitative estimate of drug-likeness (QED) is 0.392. The SMILES string of the molecule is NC(=O)C(=O)[O-].NC(=O)C(=O)[O-].[Cr+2]. The Morgan fingerprint density at radius 1 is 0.769 bits per heavy atom. The first-order valence-electron chi connectivity index (χ1n) is 2.30. The molecule has 0 heterocycles. The van der Waals surface area contributed by atoms with Crippen LogP contribution in [0.1, 0.15) is 0 Å². The first-order valence-corrected chi connectivity index (χ1v) is 2.30. The third-order valence-corrected chi connectivity index (χ3v) is 0.402. The molecule has 0 saturated heterocycles. The zero-order valence-corrected chi connectivity index (χ0v) is 7.29. The molecule has 0 saturated carbocycles. The van der Waals surface area contributed by atoms with Gasteiger partial charge in [-0.1, -0.05) is 0 Å². The average molecular weight is 228 g/mol. The van der Waals surface area contributed by atoms with E-state index < -0.39 is 23.8 Å². The second kappa shape index (κ2) is 8.51. The van der Waals surface area contributed by atoms with E-state index >= 15 is 0 Å². The van der Waals surface area contributed by atoms with Crippen LogP contribution >= 0.6 is 0 Å². The summed E-state index contributed by atoms with van der Waals surface area (Å²) in [6.07, 6.45) is 0. The number of hydrogen-bond donors (Lipinski definition) is 2. The van der Waals surface area contributed by atoms with Crippen LogP contribution in [-0.4, -0.2) is 23.8 Å². The van der Waals surface area contributed by atoms with Crippen molar-refractivity contribution in [1.29, 1.82) is 0 Å². The van der Waals surface area contributed by atoms with Gasteiger partial charge in [0.05, 0.1) is 0 Å². The van der Waals surface area contributed by atoms with Crippen LogP contribution in [0.15, 0.2) is 0 Å². The topological polar surface area (TPSA) is 166 Å². The molecule has 0 aliphatic heterocycles. The van der Waals surface area contributed by atoms with Gasteiger partial charge < -0.3 is 31.3 Å². The van der Waals surface area contributed by atoms with Gasteiger partial charge in [0.1, 0.15) is 11.9 Å². The first-order chi connectivity index (χ1) is 5.29. The van der Waals surface area contributed by atoms with Gasteiger partial charge in [0.2, 0.25) is 0 Å². The van der Waals surface area contributed by atoms with Gasteiger partial charge in [0.15, 0.2) is 0 Å². The zero-order valence-electron chi connectivity index (χ0n) is 6.01. The zero-order chi connectivity index (χ0) is 10.3. The molecule has 13 heavy (non-hydrogen) atoms. The summed E-state index contributed by atoms with van der Waals surface area (Å²) in [5.74, 6) is -6.57. The number of carboxylic acids is 2. The molecule has 0 fully saturated rings. The van der Waals surface area contributed by atoms with Crippen LogP contribution in [0.3, 0.4) is 0 Å². The van der Waals surface area contributed by atoms with Gasteiger partial charge in [0.25, 0.3) is 11.8 Å². The normalized spacial score (nSPS) is 6.77. The summed E-state index contributed by atoms with van der Waals surface area (Å²) in [6, 6.07) is 0. The molecule has 0 aromatic heterocycles. The fourth-order valence-corrected chi connectivity index (χ4v) is 0. The van der Waals surface area contributed by atoms with Crippen molar-refractivity contribution in [3.05, 3.63) is 0 Å². The number of carbonyl (C=O) groups excluding carboxylic acids is 4. The maximum Gasteiger partial charge on any atom is 2.00 e. The second-order valence-electron chi connectivity index (χ2n) is 1.30. The molecule has 0 aromatic rings. The van der Waals surface area contributed by atoms with Crippen LogP contribution in [0.4, 0.5) is 0 Å². The number of carbonyl (C=O) groups is 4. The van der Waals surface area contributed by atoms with Crippen LogP contribution in [0, 0.1) is 0 Å². The predicted molar refractivity (Wildman–Crippen MR) is 28.4 cm³/mol.